The average Bonchev–Trinajstić information content (AvgIpc) is 2.61. The highest BCUT2D eigenvalue weighted by atomic mass is 16.5. The SMILES string of the molecule is C=C[C@H]1CC(C)(C)C[C@@H]1CCC(=C)C(=O)OCC. The first-order valence-electron chi connectivity index (χ1n) is 6.87. The fraction of sp³-hybridized carbons (Fsp3) is 0.688. The van der Waals surface area contributed by atoms with Crippen LogP contribution in [0.5, 0.6) is 0 Å². The molecule has 102 valence electrons. The van der Waals surface area contributed by atoms with Crippen molar-refractivity contribution in [3.63, 3.8) is 0 Å². The zero-order chi connectivity index (χ0) is 13.8. The largest absolute Gasteiger partial charge is 0.463 e. The molecule has 0 aliphatic heterocycles. The average molecular weight is 250 g/mol. The maximum Gasteiger partial charge on any atom is 0.333 e. The van der Waals surface area contributed by atoms with Gasteiger partial charge in [-0.15, -0.1) is 6.58 Å². The first kappa shape index (κ1) is 15.0. The molecule has 2 heteroatoms. The maximum absolute atomic E-state index is 11.5. The normalized spacial score (nSPS) is 25.7. The number of hydrogen-bond acceptors (Lipinski definition) is 2. The number of hydrogen-bond donors (Lipinski definition) is 0. The third kappa shape index (κ3) is 4.01. The van der Waals surface area contributed by atoms with Gasteiger partial charge in [0, 0.05) is 5.57 Å². The van der Waals surface area contributed by atoms with Crippen LogP contribution < -0.4 is 0 Å². The summed E-state index contributed by atoms with van der Waals surface area (Å²) in [6.45, 7) is 14.6. The quantitative estimate of drug-likeness (QED) is 0.402. The summed E-state index contributed by atoms with van der Waals surface area (Å²) in [5.41, 5.74) is 0.999. The van der Waals surface area contributed by atoms with Crippen LogP contribution in [0.15, 0.2) is 24.8 Å². The molecule has 1 aliphatic carbocycles. The Morgan fingerprint density at radius 2 is 2.11 bits per heavy atom. The lowest BCUT2D eigenvalue weighted by atomic mass is 9.89. The number of carbonyl (C=O) groups is 1. The molecule has 0 bridgehead atoms. The summed E-state index contributed by atoms with van der Waals surface area (Å²) < 4.78 is 4.95. The molecule has 18 heavy (non-hydrogen) atoms. The molecule has 2 atom stereocenters. The van der Waals surface area contributed by atoms with Gasteiger partial charge < -0.3 is 4.74 Å². The predicted molar refractivity (Wildman–Crippen MR) is 75.2 cm³/mol. The van der Waals surface area contributed by atoms with Crippen molar-refractivity contribution in [2.75, 3.05) is 6.61 Å². The summed E-state index contributed by atoms with van der Waals surface area (Å²) in [6.07, 6.45) is 6.24. The van der Waals surface area contributed by atoms with E-state index < -0.39 is 0 Å². The van der Waals surface area contributed by atoms with Gasteiger partial charge in [0.25, 0.3) is 0 Å². The molecule has 1 aliphatic rings. The number of esters is 1. The van der Waals surface area contributed by atoms with Crippen LogP contribution in [0.3, 0.4) is 0 Å². The molecule has 0 amide bonds. The van der Waals surface area contributed by atoms with Crippen molar-refractivity contribution in [3.05, 3.63) is 24.8 Å². The second kappa shape index (κ2) is 6.21. The van der Waals surface area contributed by atoms with Gasteiger partial charge in [-0.3, -0.25) is 0 Å². The minimum Gasteiger partial charge on any atom is -0.463 e. The first-order valence-corrected chi connectivity index (χ1v) is 6.87. The molecule has 0 aromatic heterocycles. The van der Waals surface area contributed by atoms with Gasteiger partial charge in [-0.2, -0.15) is 0 Å². The van der Waals surface area contributed by atoms with Crippen LogP contribution in [0.2, 0.25) is 0 Å². The molecule has 1 rings (SSSR count). The molecular weight excluding hydrogens is 224 g/mol. The lowest BCUT2D eigenvalue weighted by molar-refractivity contribution is -0.138. The van der Waals surface area contributed by atoms with Gasteiger partial charge in [-0.25, -0.2) is 4.79 Å². The van der Waals surface area contributed by atoms with Crippen LogP contribution in [0.1, 0.15) is 46.5 Å². The highest BCUT2D eigenvalue weighted by Gasteiger charge is 2.37. The monoisotopic (exact) mass is 250 g/mol. The Kier molecular flexibility index (Phi) is 5.18. The molecule has 0 aromatic carbocycles. The van der Waals surface area contributed by atoms with Crippen LogP contribution in [0, 0.1) is 17.3 Å². The van der Waals surface area contributed by atoms with E-state index in [-0.39, 0.29) is 5.97 Å². The Hall–Kier alpha value is -1.05. The number of ether oxygens (including phenoxy) is 1. The van der Waals surface area contributed by atoms with E-state index >= 15 is 0 Å². The Morgan fingerprint density at radius 1 is 1.44 bits per heavy atom. The Bertz CT molecular complexity index is 328. The molecule has 2 nitrogen and oxygen atoms in total. The Balaban J connectivity index is 2.45. The van der Waals surface area contributed by atoms with Gasteiger partial charge in [-0.1, -0.05) is 26.5 Å². The van der Waals surface area contributed by atoms with Crippen LogP contribution in [0.25, 0.3) is 0 Å². The van der Waals surface area contributed by atoms with Crippen molar-refractivity contribution in [1.82, 2.24) is 0 Å². The topological polar surface area (TPSA) is 26.3 Å². The summed E-state index contributed by atoms with van der Waals surface area (Å²) >= 11 is 0. The van der Waals surface area contributed by atoms with Crippen molar-refractivity contribution in [2.45, 2.75) is 46.5 Å². The predicted octanol–water partition coefficient (Wildman–Crippen LogP) is 4.12. The highest BCUT2D eigenvalue weighted by molar-refractivity contribution is 5.87. The standard InChI is InChI=1S/C16H26O2/c1-6-13-10-16(4,5)11-14(13)9-8-12(3)15(17)18-7-2/h6,13-14H,1,3,7-11H2,2,4-5H3/t13-,14-/m0/s1. The molecule has 0 heterocycles. The Labute approximate surface area is 111 Å². The van der Waals surface area contributed by atoms with Gasteiger partial charge >= 0.3 is 5.97 Å². The summed E-state index contributed by atoms with van der Waals surface area (Å²) in [7, 11) is 0. The summed E-state index contributed by atoms with van der Waals surface area (Å²) in [6, 6.07) is 0. The van der Waals surface area contributed by atoms with Crippen molar-refractivity contribution < 1.29 is 9.53 Å². The van der Waals surface area contributed by atoms with Gasteiger partial charge in [0.15, 0.2) is 0 Å². The van der Waals surface area contributed by atoms with E-state index in [1.807, 2.05) is 6.92 Å². The number of carbonyl (C=O) groups excluding carboxylic acids is 1. The van der Waals surface area contributed by atoms with Crippen molar-refractivity contribution >= 4 is 5.97 Å². The van der Waals surface area contributed by atoms with E-state index in [0.29, 0.717) is 29.4 Å². The summed E-state index contributed by atoms with van der Waals surface area (Å²) in [4.78, 5) is 11.5. The molecule has 0 spiro atoms. The van der Waals surface area contributed by atoms with Crippen LogP contribution in [-0.2, 0) is 9.53 Å². The number of rotatable bonds is 6. The van der Waals surface area contributed by atoms with Crippen molar-refractivity contribution in [2.24, 2.45) is 17.3 Å². The molecule has 0 radical (unpaired) electrons. The first-order chi connectivity index (χ1) is 8.39. The third-order valence-corrected chi connectivity index (χ3v) is 3.89. The van der Waals surface area contributed by atoms with E-state index in [1.54, 1.807) is 0 Å². The van der Waals surface area contributed by atoms with E-state index in [9.17, 15) is 4.79 Å². The van der Waals surface area contributed by atoms with Gasteiger partial charge in [0.2, 0.25) is 0 Å². The fourth-order valence-electron chi connectivity index (χ4n) is 3.04. The molecule has 0 aromatic rings. The lowest BCUT2D eigenvalue weighted by Crippen LogP contribution is -2.10. The molecule has 1 fully saturated rings. The molecule has 0 saturated heterocycles. The summed E-state index contributed by atoms with van der Waals surface area (Å²) in [5, 5.41) is 0. The maximum atomic E-state index is 11.5. The van der Waals surface area contributed by atoms with Crippen molar-refractivity contribution in [3.8, 4) is 0 Å². The second-order valence-electron chi connectivity index (χ2n) is 6.09. The zero-order valence-electron chi connectivity index (χ0n) is 12.0. The van der Waals surface area contributed by atoms with Crippen LogP contribution in [-0.4, -0.2) is 12.6 Å². The minimum absolute atomic E-state index is 0.245. The van der Waals surface area contributed by atoms with Crippen molar-refractivity contribution in [1.29, 1.82) is 0 Å². The lowest BCUT2D eigenvalue weighted by Gasteiger charge is -2.17. The van der Waals surface area contributed by atoms with Gasteiger partial charge in [0.1, 0.15) is 0 Å². The molecule has 0 N–H and O–H groups in total. The minimum atomic E-state index is -0.245. The highest BCUT2D eigenvalue weighted by Crippen LogP contribution is 2.47. The number of allylic oxidation sites excluding steroid dienone is 1. The molecule has 0 unspecified atom stereocenters. The molecule has 1 saturated carbocycles. The second-order valence-corrected chi connectivity index (χ2v) is 6.09. The van der Waals surface area contributed by atoms with E-state index in [1.165, 1.54) is 12.8 Å². The smallest absolute Gasteiger partial charge is 0.333 e. The zero-order valence-corrected chi connectivity index (χ0v) is 12.0. The van der Waals surface area contributed by atoms with E-state index in [0.717, 1.165) is 12.8 Å². The third-order valence-electron chi connectivity index (χ3n) is 3.89. The van der Waals surface area contributed by atoms with Gasteiger partial charge in [-0.05, 0) is 49.9 Å². The van der Waals surface area contributed by atoms with Crippen LogP contribution >= 0.6 is 0 Å². The van der Waals surface area contributed by atoms with Gasteiger partial charge in [0.05, 0.1) is 6.61 Å². The molecular formula is C16H26O2. The Morgan fingerprint density at radius 3 is 2.67 bits per heavy atom. The van der Waals surface area contributed by atoms with Crippen LogP contribution in [0.4, 0.5) is 0 Å². The van der Waals surface area contributed by atoms with E-state index in [4.69, 9.17) is 4.74 Å². The fourth-order valence-corrected chi connectivity index (χ4v) is 3.04. The van der Waals surface area contributed by atoms with E-state index in [2.05, 4.69) is 33.1 Å². The summed E-state index contributed by atoms with van der Waals surface area (Å²) in [5.74, 6) is 0.962.